The van der Waals surface area contributed by atoms with Gasteiger partial charge in [0.05, 0.1) is 13.2 Å². The van der Waals surface area contributed by atoms with Gasteiger partial charge in [-0.1, -0.05) is 44.9 Å². The SMILES string of the molecule is O=C(OCCCCCCCCCCCOC(=O)n1ccnc1)n1ccnc1. The Kier molecular flexibility index (Phi) is 9.70. The van der Waals surface area contributed by atoms with E-state index in [1.54, 1.807) is 24.8 Å². The van der Waals surface area contributed by atoms with Gasteiger partial charge in [0.2, 0.25) is 0 Å². The number of rotatable bonds is 12. The standard InChI is InChI=1S/C19H28N4O4/c24-18(22-12-10-20-16-22)26-14-8-6-4-2-1-3-5-7-9-15-27-19(25)23-13-11-21-17-23/h10-13,16-17H,1-9,14-15H2. The van der Waals surface area contributed by atoms with E-state index >= 15 is 0 Å². The van der Waals surface area contributed by atoms with Crippen LogP contribution in [0.3, 0.4) is 0 Å². The number of hydrogen-bond acceptors (Lipinski definition) is 6. The van der Waals surface area contributed by atoms with E-state index in [0.717, 1.165) is 38.5 Å². The van der Waals surface area contributed by atoms with Crippen LogP contribution in [-0.2, 0) is 9.47 Å². The van der Waals surface area contributed by atoms with Gasteiger partial charge in [-0.3, -0.25) is 0 Å². The molecule has 0 N–H and O–H groups in total. The first-order valence-corrected chi connectivity index (χ1v) is 9.57. The minimum Gasteiger partial charge on any atom is -0.449 e. The van der Waals surface area contributed by atoms with E-state index < -0.39 is 0 Å². The summed E-state index contributed by atoms with van der Waals surface area (Å²) in [7, 11) is 0. The lowest BCUT2D eigenvalue weighted by Gasteiger charge is -2.05. The topological polar surface area (TPSA) is 88.2 Å². The number of aromatic nitrogens is 4. The maximum atomic E-state index is 11.6. The lowest BCUT2D eigenvalue weighted by Crippen LogP contribution is -2.12. The summed E-state index contributed by atoms with van der Waals surface area (Å²) in [5.74, 6) is 0. The maximum Gasteiger partial charge on any atom is 0.419 e. The molecule has 27 heavy (non-hydrogen) atoms. The monoisotopic (exact) mass is 376 g/mol. The molecule has 0 unspecified atom stereocenters. The van der Waals surface area contributed by atoms with E-state index in [4.69, 9.17) is 9.47 Å². The van der Waals surface area contributed by atoms with E-state index in [1.165, 1.54) is 41.1 Å². The Morgan fingerprint density at radius 1 is 0.630 bits per heavy atom. The van der Waals surface area contributed by atoms with Crippen molar-refractivity contribution in [3.63, 3.8) is 0 Å². The second-order valence-corrected chi connectivity index (χ2v) is 6.35. The highest BCUT2D eigenvalue weighted by molar-refractivity contribution is 5.70. The molecule has 0 aromatic carbocycles. The van der Waals surface area contributed by atoms with Crippen LogP contribution in [-0.4, -0.2) is 44.5 Å². The molecule has 2 heterocycles. The van der Waals surface area contributed by atoms with Crippen molar-refractivity contribution in [3.8, 4) is 0 Å². The van der Waals surface area contributed by atoms with Gasteiger partial charge in [-0.25, -0.2) is 28.7 Å². The highest BCUT2D eigenvalue weighted by Crippen LogP contribution is 2.10. The average molecular weight is 376 g/mol. The van der Waals surface area contributed by atoms with Gasteiger partial charge in [-0.05, 0) is 12.8 Å². The normalized spacial score (nSPS) is 10.7. The van der Waals surface area contributed by atoms with Crippen molar-refractivity contribution in [1.29, 1.82) is 0 Å². The molecular formula is C19H28N4O4. The quantitative estimate of drug-likeness (QED) is 0.514. The van der Waals surface area contributed by atoms with Gasteiger partial charge in [0.25, 0.3) is 0 Å². The molecule has 0 amide bonds. The molecule has 8 nitrogen and oxygen atoms in total. The predicted molar refractivity (Wildman–Crippen MR) is 99.5 cm³/mol. The van der Waals surface area contributed by atoms with Crippen molar-refractivity contribution < 1.29 is 19.1 Å². The molecule has 0 bridgehead atoms. The molecule has 0 spiro atoms. The van der Waals surface area contributed by atoms with E-state index in [2.05, 4.69) is 9.97 Å². The Hall–Kier alpha value is -2.64. The minimum atomic E-state index is -0.372. The lowest BCUT2D eigenvalue weighted by atomic mass is 10.1. The molecule has 2 rings (SSSR count). The fraction of sp³-hybridized carbons (Fsp3) is 0.579. The predicted octanol–water partition coefficient (Wildman–Crippen LogP) is 4.26. The van der Waals surface area contributed by atoms with Crippen LogP contribution in [0.4, 0.5) is 9.59 Å². The number of ether oxygens (including phenoxy) is 2. The number of imidazole rings is 2. The summed E-state index contributed by atoms with van der Waals surface area (Å²) >= 11 is 0. The average Bonchev–Trinajstić information content (AvgIpc) is 3.39. The van der Waals surface area contributed by atoms with Crippen LogP contribution in [0.15, 0.2) is 37.4 Å². The lowest BCUT2D eigenvalue weighted by molar-refractivity contribution is 0.144. The van der Waals surface area contributed by atoms with Gasteiger partial charge in [0, 0.05) is 24.8 Å². The van der Waals surface area contributed by atoms with Gasteiger partial charge in [0.1, 0.15) is 12.7 Å². The fourth-order valence-corrected chi connectivity index (χ4v) is 2.64. The molecule has 0 aliphatic carbocycles. The van der Waals surface area contributed by atoms with Crippen molar-refractivity contribution in [3.05, 3.63) is 37.4 Å². The smallest absolute Gasteiger partial charge is 0.419 e. The Bertz CT molecular complexity index is 584. The van der Waals surface area contributed by atoms with Crippen LogP contribution in [0.1, 0.15) is 57.8 Å². The Morgan fingerprint density at radius 2 is 1.00 bits per heavy atom. The highest BCUT2D eigenvalue weighted by Gasteiger charge is 2.04. The van der Waals surface area contributed by atoms with Crippen LogP contribution in [0, 0.1) is 0 Å². The van der Waals surface area contributed by atoms with Crippen molar-refractivity contribution in [2.45, 2.75) is 57.8 Å². The number of unbranched alkanes of at least 4 members (excludes halogenated alkanes) is 8. The first-order valence-electron chi connectivity index (χ1n) is 9.57. The summed E-state index contributed by atoms with van der Waals surface area (Å²) < 4.78 is 13.0. The van der Waals surface area contributed by atoms with Gasteiger partial charge in [0.15, 0.2) is 0 Å². The fourth-order valence-electron chi connectivity index (χ4n) is 2.64. The zero-order valence-electron chi connectivity index (χ0n) is 15.7. The number of hydrogen-bond donors (Lipinski definition) is 0. The summed E-state index contributed by atoms with van der Waals surface area (Å²) in [5, 5.41) is 0. The van der Waals surface area contributed by atoms with Crippen molar-refractivity contribution in [2.75, 3.05) is 13.2 Å². The van der Waals surface area contributed by atoms with E-state index in [-0.39, 0.29) is 12.2 Å². The van der Waals surface area contributed by atoms with Crippen LogP contribution >= 0.6 is 0 Å². The Morgan fingerprint density at radius 3 is 1.33 bits per heavy atom. The van der Waals surface area contributed by atoms with Crippen LogP contribution in [0.25, 0.3) is 0 Å². The molecule has 0 fully saturated rings. The number of carbonyl (C=O) groups is 2. The molecule has 0 radical (unpaired) electrons. The summed E-state index contributed by atoms with van der Waals surface area (Å²) in [6.07, 6.45) is 18.2. The third kappa shape index (κ3) is 8.52. The molecule has 148 valence electrons. The van der Waals surface area contributed by atoms with Gasteiger partial charge in [-0.15, -0.1) is 0 Å². The summed E-state index contributed by atoms with van der Waals surface area (Å²) in [6.45, 7) is 0.906. The molecule has 0 saturated heterocycles. The molecular weight excluding hydrogens is 348 g/mol. The Balaban J connectivity index is 1.31. The molecule has 2 aromatic rings. The van der Waals surface area contributed by atoms with E-state index in [9.17, 15) is 9.59 Å². The number of nitrogens with zero attached hydrogens (tertiary/aromatic N) is 4. The summed E-state index contributed by atoms with van der Waals surface area (Å²) in [6, 6.07) is 0. The van der Waals surface area contributed by atoms with Gasteiger partial charge >= 0.3 is 12.2 Å². The molecule has 8 heteroatoms. The zero-order valence-corrected chi connectivity index (χ0v) is 15.7. The third-order valence-corrected chi connectivity index (χ3v) is 4.17. The summed E-state index contributed by atoms with van der Waals surface area (Å²) in [4.78, 5) is 30.7. The molecule has 2 aromatic heterocycles. The van der Waals surface area contributed by atoms with Crippen molar-refractivity contribution >= 4 is 12.2 Å². The second-order valence-electron chi connectivity index (χ2n) is 6.35. The molecule has 0 aliphatic heterocycles. The van der Waals surface area contributed by atoms with Gasteiger partial charge in [-0.2, -0.15) is 0 Å². The maximum absolute atomic E-state index is 11.6. The minimum absolute atomic E-state index is 0.372. The summed E-state index contributed by atoms with van der Waals surface area (Å²) in [5.41, 5.74) is 0. The Labute approximate surface area is 159 Å². The van der Waals surface area contributed by atoms with Crippen LogP contribution in [0.5, 0.6) is 0 Å². The van der Waals surface area contributed by atoms with Crippen molar-refractivity contribution in [2.24, 2.45) is 0 Å². The number of carbonyl (C=O) groups excluding carboxylic acids is 2. The van der Waals surface area contributed by atoms with Crippen LogP contribution in [0.2, 0.25) is 0 Å². The van der Waals surface area contributed by atoms with Crippen molar-refractivity contribution in [1.82, 2.24) is 19.1 Å². The largest absolute Gasteiger partial charge is 0.449 e. The molecule has 0 atom stereocenters. The van der Waals surface area contributed by atoms with E-state index in [0.29, 0.717) is 13.2 Å². The molecule has 0 aliphatic rings. The molecule has 0 saturated carbocycles. The van der Waals surface area contributed by atoms with Crippen LogP contribution < -0.4 is 0 Å². The highest BCUT2D eigenvalue weighted by atomic mass is 16.6. The first kappa shape index (κ1) is 20.7. The van der Waals surface area contributed by atoms with Gasteiger partial charge < -0.3 is 9.47 Å². The van der Waals surface area contributed by atoms with E-state index in [1.807, 2.05) is 0 Å². The zero-order chi connectivity index (χ0) is 19.2. The third-order valence-electron chi connectivity index (χ3n) is 4.17. The second kappa shape index (κ2) is 12.7. The first-order chi connectivity index (χ1) is 13.3.